The summed E-state index contributed by atoms with van der Waals surface area (Å²) in [6.45, 7) is 1.89. The second-order valence-electron chi connectivity index (χ2n) is 4.15. The Balaban J connectivity index is 3.56. The molecule has 5 nitrogen and oxygen atoms in total. The third-order valence-electron chi connectivity index (χ3n) is 2.52. The Morgan fingerprint density at radius 3 is 2.41 bits per heavy atom. The van der Waals surface area contributed by atoms with Crippen molar-refractivity contribution in [2.75, 3.05) is 46.0 Å². The molecule has 0 spiro atoms. The van der Waals surface area contributed by atoms with Crippen LogP contribution in [-0.4, -0.2) is 60.4 Å². The van der Waals surface area contributed by atoms with Gasteiger partial charge in [0.1, 0.15) is 9.84 Å². The smallest absolute Gasteiger partial charge is 0.147 e. The van der Waals surface area contributed by atoms with E-state index in [1.165, 1.54) is 6.26 Å². The van der Waals surface area contributed by atoms with E-state index in [4.69, 9.17) is 9.47 Å². The molecule has 0 radical (unpaired) electrons. The lowest BCUT2D eigenvalue weighted by Crippen LogP contribution is -2.27. The Morgan fingerprint density at radius 1 is 1.18 bits per heavy atom. The van der Waals surface area contributed by atoms with Crippen LogP contribution in [-0.2, 0) is 19.3 Å². The summed E-state index contributed by atoms with van der Waals surface area (Å²) in [5, 5.41) is 3.17. The molecule has 0 aromatic heterocycles. The average molecular weight is 267 g/mol. The quantitative estimate of drug-likeness (QED) is 0.551. The monoisotopic (exact) mass is 267 g/mol. The molecule has 0 aromatic carbocycles. The lowest BCUT2D eigenvalue weighted by atomic mass is 10.1. The highest BCUT2D eigenvalue weighted by atomic mass is 32.2. The zero-order chi connectivity index (χ0) is 13.1. The first-order valence-corrected chi connectivity index (χ1v) is 7.97. The van der Waals surface area contributed by atoms with Crippen LogP contribution in [0.2, 0.25) is 0 Å². The fraction of sp³-hybridized carbons (Fsp3) is 1.00. The molecule has 0 bridgehead atoms. The number of methoxy groups -OCH3 is 1. The van der Waals surface area contributed by atoms with Crippen molar-refractivity contribution < 1.29 is 17.9 Å². The highest BCUT2D eigenvalue weighted by molar-refractivity contribution is 7.90. The van der Waals surface area contributed by atoms with Gasteiger partial charge >= 0.3 is 0 Å². The fourth-order valence-electron chi connectivity index (χ4n) is 1.49. The van der Waals surface area contributed by atoms with Crippen LogP contribution in [0.25, 0.3) is 0 Å². The maximum atomic E-state index is 11.0. The molecule has 0 saturated carbocycles. The van der Waals surface area contributed by atoms with E-state index >= 15 is 0 Å². The molecule has 0 heterocycles. The summed E-state index contributed by atoms with van der Waals surface area (Å²) in [5.41, 5.74) is 0. The van der Waals surface area contributed by atoms with Crippen LogP contribution in [0.3, 0.4) is 0 Å². The summed E-state index contributed by atoms with van der Waals surface area (Å²) >= 11 is 0. The summed E-state index contributed by atoms with van der Waals surface area (Å²) in [4.78, 5) is 0. The molecular weight excluding hydrogens is 242 g/mol. The molecule has 1 atom stereocenters. The first-order valence-electron chi connectivity index (χ1n) is 5.91. The molecule has 0 aromatic rings. The highest BCUT2D eigenvalue weighted by Gasteiger charge is 2.08. The van der Waals surface area contributed by atoms with Crippen LogP contribution in [0.4, 0.5) is 0 Å². The van der Waals surface area contributed by atoms with Crippen LogP contribution >= 0.6 is 0 Å². The van der Waals surface area contributed by atoms with Crippen molar-refractivity contribution in [2.24, 2.45) is 0 Å². The van der Waals surface area contributed by atoms with Gasteiger partial charge in [0.25, 0.3) is 0 Å². The van der Waals surface area contributed by atoms with Crippen LogP contribution < -0.4 is 5.32 Å². The maximum Gasteiger partial charge on any atom is 0.147 e. The highest BCUT2D eigenvalue weighted by Crippen LogP contribution is 2.03. The minimum atomic E-state index is -2.84. The SMILES string of the molecule is CNC(CCCS(C)(=O)=O)CCOCCOC. The first kappa shape index (κ1) is 16.8. The Hall–Kier alpha value is -0.170. The van der Waals surface area contributed by atoms with Crippen LogP contribution in [0.1, 0.15) is 19.3 Å². The summed E-state index contributed by atoms with van der Waals surface area (Å²) in [6, 6.07) is 0.319. The van der Waals surface area contributed by atoms with Gasteiger partial charge in [0.15, 0.2) is 0 Å². The molecule has 0 rings (SSSR count). The number of ether oxygens (including phenoxy) is 2. The van der Waals surface area contributed by atoms with E-state index in [-0.39, 0.29) is 5.75 Å². The molecule has 0 saturated heterocycles. The predicted molar refractivity (Wildman–Crippen MR) is 69.1 cm³/mol. The van der Waals surface area contributed by atoms with Gasteiger partial charge in [-0.3, -0.25) is 0 Å². The lowest BCUT2D eigenvalue weighted by Gasteiger charge is -2.15. The van der Waals surface area contributed by atoms with Crippen molar-refractivity contribution in [3.8, 4) is 0 Å². The topological polar surface area (TPSA) is 64.6 Å². The molecule has 17 heavy (non-hydrogen) atoms. The van der Waals surface area contributed by atoms with Crippen molar-refractivity contribution in [1.29, 1.82) is 0 Å². The zero-order valence-corrected chi connectivity index (χ0v) is 11.9. The Kier molecular flexibility index (Phi) is 9.72. The van der Waals surface area contributed by atoms with Gasteiger partial charge in [-0.15, -0.1) is 0 Å². The predicted octanol–water partition coefficient (Wildman–Crippen LogP) is 0.452. The molecule has 0 aliphatic heterocycles. The number of hydrogen-bond acceptors (Lipinski definition) is 5. The minimum absolute atomic E-state index is 0.260. The van der Waals surface area contributed by atoms with Crippen LogP contribution in [0, 0.1) is 0 Å². The number of rotatable bonds is 11. The molecule has 6 heteroatoms. The lowest BCUT2D eigenvalue weighted by molar-refractivity contribution is 0.0657. The van der Waals surface area contributed by atoms with Gasteiger partial charge in [0.05, 0.1) is 13.2 Å². The van der Waals surface area contributed by atoms with Gasteiger partial charge in [0, 0.05) is 31.8 Å². The van der Waals surface area contributed by atoms with E-state index in [9.17, 15) is 8.42 Å². The summed E-state index contributed by atoms with van der Waals surface area (Å²) < 4.78 is 32.2. The Bertz CT molecular complexity index is 267. The molecular formula is C11H25NO4S. The fourth-order valence-corrected chi connectivity index (χ4v) is 2.19. The zero-order valence-electron chi connectivity index (χ0n) is 11.1. The van der Waals surface area contributed by atoms with E-state index in [1.54, 1.807) is 7.11 Å². The first-order chi connectivity index (χ1) is 7.99. The van der Waals surface area contributed by atoms with E-state index in [0.29, 0.717) is 32.3 Å². The van der Waals surface area contributed by atoms with Crippen molar-refractivity contribution >= 4 is 9.84 Å². The standard InChI is InChI=1S/C11H25NO4S/c1-12-11(5-4-10-17(3,13)14)6-7-16-9-8-15-2/h11-12H,4-10H2,1-3H3. The second kappa shape index (κ2) is 9.82. The Morgan fingerprint density at radius 2 is 1.88 bits per heavy atom. The van der Waals surface area contributed by atoms with Gasteiger partial charge in [-0.1, -0.05) is 0 Å². The molecule has 0 amide bonds. The maximum absolute atomic E-state index is 11.0. The van der Waals surface area contributed by atoms with Gasteiger partial charge in [-0.2, -0.15) is 0 Å². The van der Waals surface area contributed by atoms with E-state index < -0.39 is 9.84 Å². The molecule has 1 N–H and O–H groups in total. The van der Waals surface area contributed by atoms with Crippen molar-refractivity contribution in [3.63, 3.8) is 0 Å². The van der Waals surface area contributed by atoms with Gasteiger partial charge in [-0.05, 0) is 26.3 Å². The van der Waals surface area contributed by atoms with Gasteiger partial charge in [0.2, 0.25) is 0 Å². The molecule has 104 valence electrons. The molecule has 0 fully saturated rings. The normalized spacial score (nSPS) is 13.8. The third kappa shape index (κ3) is 12.1. The summed E-state index contributed by atoms with van der Waals surface area (Å²) in [7, 11) is 0.697. The van der Waals surface area contributed by atoms with E-state index in [1.807, 2.05) is 7.05 Å². The van der Waals surface area contributed by atoms with Crippen molar-refractivity contribution in [2.45, 2.75) is 25.3 Å². The average Bonchev–Trinajstić information content (AvgIpc) is 2.25. The van der Waals surface area contributed by atoms with Crippen molar-refractivity contribution in [1.82, 2.24) is 5.32 Å². The van der Waals surface area contributed by atoms with E-state index in [0.717, 1.165) is 12.8 Å². The number of nitrogens with one attached hydrogen (secondary N) is 1. The Labute approximate surface area is 105 Å². The summed E-state index contributed by atoms with van der Waals surface area (Å²) in [5.74, 6) is 0.260. The van der Waals surface area contributed by atoms with Gasteiger partial charge < -0.3 is 14.8 Å². The van der Waals surface area contributed by atoms with Crippen molar-refractivity contribution in [3.05, 3.63) is 0 Å². The molecule has 0 aliphatic rings. The second-order valence-corrected chi connectivity index (χ2v) is 6.41. The van der Waals surface area contributed by atoms with Crippen LogP contribution in [0.5, 0.6) is 0 Å². The van der Waals surface area contributed by atoms with E-state index in [2.05, 4.69) is 5.32 Å². The number of sulfone groups is 1. The minimum Gasteiger partial charge on any atom is -0.382 e. The number of hydrogen-bond donors (Lipinski definition) is 1. The third-order valence-corrected chi connectivity index (χ3v) is 3.55. The van der Waals surface area contributed by atoms with Gasteiger partial charge in [-0.25, -0.2) is 8.42 Å². The largest absolute Gasteiger partial charge is 0.382 e. The molecule has 1 unspecified atom stereocenters. The van der Waals surface area contributed by atoms with Crippen LogP contribution in [0.15, 0.2) is 0 Å². The molecule has 0 aliphatic carbocycles. The summed E-state index contributed by atoms with van der Waals surface area (Å²) in [6.07, 6.45) is 3.72.